The van der Waals surface area contributed by atoms with E-state index in [4.69, 9.17) is 4.74 Å². The molecule has 0 aromatic heterocycles. The van der Waals surface area contributed by atoms with Gasteiger partial charge in [0.2, 0.25) is 5.91 Å². The summed E-state index contributed by atoms with van der Waals surface area (Å²) in [5.74, 6) is 1.85. The third-order valence-electron chi connectivity index (χ3n) is 15.8. The molecule has 0 radical (unpaired) electrons. The minimum Gasteiger partial charge on any atom is -0.481 e. The van der Waals surface area contributed by atoms with Crippen molar-refractivity contribution in [1.82, 2.24) is 5.32 Å². The number of ether oxygens (including phenoxy) is 1. The SMILES string of the molecule is C=C(C)[C@@H]1CC[C@]2(CC(=O)NCCC)CC[C@]3(C)[C@H](CCC4[C@@]5(C)CCC(OC(=O)CC(C)(C)CC(=O)O)C(C)(C)C5CC[C@]43C)C12. The van der Waals surface area contributed by atoms with Crippen LogP contribution in [-0.4, -0.2) is 35.6 Å². The number of aliphatic carboxylic acids is 1. The van der Waals surface area contributed by atoms with Gasteiger partial charge in [0, 0.05) is 18.4 Å². The Morgan fingerprint density at radius 3 is 2.21 bits per heavy atom. The second-order valence-electron chi connectivity index (χ2n) is 19.3. The zero-order valence-electron chi connectivity index (χ0n) is 31.4. The van der Waals surface area contributed by atoms with Gasteiger partial charge < -0.3 is 15.2 Å². The van der Waals surface area contributed by atoms with Crippen LogP contribution in [0.3, 0.4) is 0 Å². The second-order valence-corrected chi connectivity index (χ2v) is 19.3. The van der Waals surface area contributed by atoms with Gasteiger partial charge in [-0.1, -0.05) is 67.5 Å². The van der Waals surface area contributed by atoms with Gasteiger partial charge in [-0.05, 0) is 134 Å². The summed E-state index contributed by atoms with van der Waals surface area (Å²) in [7, 11) is 0. The van der Waals surface area contributed by atoms with E-state index in [-0.39, 0.29) is 57.9 Å². The van der Waals surface area contributed by atoms with E-state index in [9.17, 15) is 19.5 Å². The number of carboxylic acids is 1. The third kappa shape index (κ3) is 6.02. The molecule has 5 aliphatic carbocycles. The lowest BCUT2D eigenvalue weighted by Gasteiger charge is -2.73. The highest BCUT2D eigenvalue weighted by Gasteiger charge is 2.71. The van der Waals surface area contributed by atoms with Gasteiger partial charge in [0.1, 0.15) is 6.10 Å². The molecule has 5 saturated carbocycles. The number of hydrogen-bond acceptors (Lipinski definition) is 4. The average molecular weight is 654 g/mol. The van der Waals surface area contributed by atoms with Crippen molar-refractivity contribution in [1.29, 1.82) is 0 Å². The lowest BCUT2D eigenvalue weighted by atomic mass is 9.32. The zero-order valence-corrected chi connectivity index (χ0v) is 31.4. The van der Waals surface area contributed by atoms with Gasteiger partial charge in [0.05, 0.1) is 12.8 Å². The van der Waals surface area contributed by atoms with Crippen LogP contribution in [0.1, 0.15) is 152 Å². The quantitative estimate of drug-likeness (QED) is 0.181. The molecule has 5 rings (SSSR count). The van der Waals surface area contributed by atoms with E-state index < -0.39 is 11.4 Å². The number of carboxylic acid groups (broad SMARTS) is 1. The Kier molecular flexibility index (Phi) is 9.68. The Labute approximate surface area is 286 Å². The molecule has 47 heavy (non-hydrogen) atoms. The minimum atomic E-state index is -0.880. The van der Waals surface area contributed by atoms with Crippen molar-refractivity contribution in [3.05, 3.63) is 12.2 Å². The number of fused-ring (bicyclic) bond motifs is 7. The van der Waals surface area contributed by atoms with Crippen LogP contribution in [-0.2, 0) is 19.1 Å². The number of carbonyl (C=O) groups is 3. The van der Waals surface area contributed by atoms with Gasteiger partial charge in [-0.3, -0.25) is 14.4 Å². The van der Waals surface area contributed by atoms with Crippen molar-refractivity contribution in [2.75, 3.05) is 6.54 Å². The number of allylic oxidation sites excluding steroid dienone is 1. The molecule has 10 atom stereocenters. The summed E-state index contributed by atoms with van der Waals surface area (Å²) < 4.78 is 6.26. The van der Waals surface area contributed by atoms with Crippen LogP contribution in [0.15, 0.2) is 12.2 Å². The van der Waals surface area contributed by atoms with E-state index in [2.05, 4.69) is 60.4 Å². The van der Waals surface area contributed by atoms with Crippen molar-refractivity contribution >= 4 is 17.8 Å². The monoisotopic (exact) mass is 654 g/mol. The lowest BCUT2D eigenvalue weighted by Crippen LogP contribution is -2.67. The van der Waals surface area contributed by atoms with E-state index in [1.807, 2.05) is 13.8 Å². The number of carbonyl (C=O) groups excluding carboxylic acids is 2. The van der Waals surface area contributed by atoms with Crippen molar-refractivity contribution in [3.63, 3.8) is 0 Å². The maximum Gasteiger partial charge on any atom is 0.306 e. The lowest BCUT2D eigenvalue weighted by molar-refractivity contribution is -0.250. The molecule has 0 bridgehead atoms. The van der Waals surface area contributed by atoms with Crippen LogP contribution in [0.5, 0.6) is 0 Å². The van der Waals surface area contributed by atoms with Gasteiger partial charge in [0.15, 0.2) is 0 Å². The molecular formula is C41H67NO5. The summed E-state index contributed by atoms with van der Waals surface area (Å²) in [5, 5.41) is 12.5. The Bertz CT molecular complexity index is 1250. The summed E-state index contributed by atoms with van der Waals surface area (Å²) >= 11 is 0. The molecule has 0 saturated heterocycles. The second kappa shape index (κ2) is 12.5. The molecule has 2 N–H and O–H groups in total. The Morgan fingerprint density at radius 2 is 1.57 bits per heavy atom. The van der Waals surface area contributed by atoms with Crippen LogP contribution in [0, 0.1) is 62.1 Å². The maximum absolute atomic E-state index is 13.3. The fraction of sp³-hybridized carbons (Fsp3) is 0.878. The van der Waals surface area contributed by atoms with Gasteiger partial charge in [-0.25, -0.2) is 0 Å². The number of esters is 1. The van der Waals surface area contributed by atoms with E-state index in [0.29, 0.717) is 36.0 Å². The van der Waals surface area contributed by atoms with Gasteiger partial charge in [-0.2, -0.15) is 0 Å². The number of rotatable bonds is 10. The largest absolute Gasteiger partial charge is 0.481 e. The molecule has 6 heteroatoms. The summed E-state index contributed by atoms with van der Waals surface area (Å²) in [6.45, 7) is 25.9. The molecule has 0 heterocycles. The molecule has 5 aliphatic rings. The minimum absolute atomic E-state index is 0.0436. The fourth-order valence-electron chi connectivity index (χ4n) is 13.5. The summed E-state index contributed by atoms with van der Waals surface area (Å²) in [4.78, 5) is 37.8. The molecule has 5 fully saturated rings. The molecule has 0 aliphatic heterocycles. The van der Waals surface area contributed by atoms with Crippen LogP contribution in [0.2, 0.25) is 0 Å². The first-order valence-corrected chi connectivity index (χ1v) is 19.1. The van der Waals surface area contributed by atoms with Gasteiger partial charge >= 0.3 is 11.9 Å². The highest BCUT2D eigenvalue weighted by molar-refractivity contribution is 5.77. The molecule has 0 aromatic rings. The average Bonchev–Trinajstić information content (AvgIpc) is 3.32. The normalized spacial score (nSPS) is 42.2. The van der Waals surface area contributed by atoms with Gasteiger partial charge in [0.25, 0.3) is 0 Å². The van der Waals surface area contributed by atoms with Crippen molar-refractivity contribution in [2.24, 2.45) is 62.1 Å². The first-order valence-electron chi connectivity index (χ1n) is 19.1. The molecule has 0 spiro atoms. The van der Waals surface area contributed by atoms with E-state index in [0.717, 1.165) is 45.1 Å². The molecule has 6 nitrogen and oxygen atoms in total. The summed E-state index contributed by atoms with van der Waals surface area (Å²) in [6, 6.07) is 0. The van der Waals surface area contributed by atoms with Crippen LogP contribution in [0.4, 0.5) is 0 Å². The Morgan fingerprint density at radius 1 is 0.872 bits per heavy atom. The highest BCUT2D eigenvalue weighted by Crippen LogP contribution is 2.78. The van der Waals surface area contributed by atoms with Crippen LogP contribution < -0.4 is 5.32 Å². The Hall–Kier alpha value is -1.85. The first kappa shape index (κ1) is 36.4. The zero-order chi connectivity index (χ0) is 34.8. The van der Waals surface area contributed by atoms with E-state index in [1.54, 1.807) is 0 Å². The predicted octanol–water partition coefficient (Wildman–Crippen LogP) is 9.36. The number of amides is 1. The topological polar surface area (TPSA) is 92.7 Å². The fourth-order valence-corrected chi connectivity index (χ4v) is 13.5. The smallest absolute Gasteiger partial charge is 0.306 e. The number of hydrogen-bond donors (Lipinski definition) is 2. The Balaban J connectivity index is 1.39. The van der Waals surface area contributed by atoms with Crippen molar-refractivity contribution < 1.29 is 24.2 Å². The van der Waals surface area contributed by atoms with Gasteiger partial charge in [-0.15, -0.1) is 0 Å². The van der Waals surface area contributed by atoms with E-state index in [1.165, 1.54) is 37.7 Å². The summed E-state index contributed by atoms with van der Waals surface area (Å²) in [6.07, 6.45) is 13.1. The summed E-state index contributed by atoms with van der Waals surface area (Å²) in [5.41, 5.74) is 1.25. The van der Waals surface area contributed by atoms with Crippen molar-refractivity contribution in [3.8, 4) is 0 Å². The molecular weight excluding hydrogens is 586 g/mol. The maximum atomic E-state index is 13.3. The molecule has 1 amide bonds. The van der Waals surface area contributed by atoms with Crippen LogP contribution in [0.25, 0.3) is 0 Å². The molecule has 4 unspecified atom stereocenters. The van der Waals surface area contributed by atoms with Crippen LogP contribution >= 0.6 is 0 Å². The molecule has 0 aromatic carbocycles. The van der Waals surface area contributed by atoms with Crippen molar-refractivity contribution in [2.45, 2.75) is 158 Å². The highest BCUT2D eigenvalue weighted by atomic mass is 16.5. The first-order chi connectivity index (χ1) is 21.8. The van der Waals surface area contributed by atoms with E-state index >= 15 is 0 Å². The standard InChI is InChI=1S/C41H67NO5/c1-11-22-42-32(43)23-41-19-14-27(26(2)3)35(41)28-12-13-30-38(8)17-16-31(47-34(46)25-36(4,5)24-33(44)45)37(6,7)29(38)15-18-40(30,10)39(28,9)20-21-41/h27-31,35H,2,11-25H2,1,3-10H3,(H,42,43)(H,44,45)/t27-,28+,29?,30?,31?,35?,38-,39+,40+,41+/m0/s1. The third-order valence-corrected chi connectivity index (χ3v) is 15.8. The molecule has 266 valence electrons. The predicted molar refractivity (Wildman–Crippen MR) is 187 cm³/mol. The number of nitrogens with one attached hydrogen (secondary N) is 1.